The summed E-state index contributed by atoms with van der Waals surface area (Å²) in [6.45, 7) is 12.0. The number of carbonyl (C=O) groups excluding carboxylic acids is 1. The van der Waals surface area contributed by atoms with Crippen molar-refractivity contribution in [2.24, 2.45) is 0 Å². The second-order valence-corrected chi connectivity index (χ2v) is 7.52. The highest BCUT2D eigenvalue weighted by Gasteiger charge is 2.11. The number of ether oxygens (including phenoxy) is 3. The van der Waals surface area contributed by atoms with Crippen LogP contribution in [-0.4, -0.2) is 41.3 Å². The number of rotatable bonds is 6. The third-order valence-electron chi connectivity index (χ3n) is 4.33. The zero-order valence-corrected chi connectivity index (χ0v) is 24.3. The van der Waals surface area contributed by atoms with E-state index in [1.54, 1.807) is 7.11 Å². The van der Waals surface area contributed by atoms with Crippen LogP contribution in [0.25, 0.3) is 0 Å². The van der Waals surface area contributed by atoms with Crippen LogP contribution < -0.4 is 14.0 Å². The SMILES string of the molecule is CC.CC.CC.COC(=O)Cc1ccc([N+](C)(C)C)cc1.COc1ccc(Oc2ccccc2)cc1. The van der Waals surface area contributed by atoms with E-state index in [9.17, 15) is 4.79 Å². The van der Waals surface area contributed by atoms with Crippen molar-refractivity contribution in [3.8, 4) is 17.2 Å². The summed E-state index contributed by atoms with van der Waals surface area (Å²) in [7, 11) is 9.37. The van der Waals surface area contributed by atoms with E-state index in [4.69, 9.17) is 9.47 Å². The average Bonchev–Trinajstić information content (AvgIpc) is 2.93. The molecule has 0 amide bonds. The van der Waals surface area contributed by atoms with Crippen molar-refractivity contribution in [3.63, 3.8) is 0 Å². The molecule has 0 N–H and O–H groups in total. The van der Waals surface area contributed by atoms with Crippen LogP contribution in [0.2, 0.25) is 0 Å². The van der Waals surface area contributed by atoms with Crippen LogP contribution in [0.5, 0.6) is 17.2 Å². The van der Waals surface area contributed by atoms with E-state index in [2.05, 4.69) is 25.9 Å². The van der Waals surface area contributed by atoms with Gasteiger partial charge in [0.15, 0.2) is 0 Å². The molecule has 3 aromatic rings. The van der Waals surface area contributed by atoms with Gasteiger partial charge in [0, 0.05) is 0 Å². The Morgan fingerprint density at radius 2 is 1.08 bits per heavy atom. The third-order valence-corrected chi connectivity index (χ3v) is 4.33. The Bertz CT molecular complexity index is 900. The van der Waals surface area contributed by atoms with Crippen molar-refractivity contribution in [1.29, 1.82) is 0 Å². The quantitative estimate of drug-likeness (QED) is 0.254. The summed E-state index contributed by atoms with van der Waals surface area (Å²) in [5.41, 5.74) is 2.20. The zero-order valence-electron chi connectivity index (χ0n) is 24.3. The molecule has 200 valence electrons. The largest absolute Gasteiger partial charge is 0.497 e. The Labute approximate surface area is 220 Å². The van der Waals surface area contributed by atoms with Gasteiger partial charge in [0.25, 0.3) is 0 Å². The van der Waals surface area contributed by atoms with Crippen LogP contribution >= 0.6 is 0 Å². The molecule has 0 atom stereocenters. The maximum absolute atomic E-state index is 11.0. The normalized spacial score (nSPS) is 9.19. The van der Waals surface area contributed by atoms with Gasteiger partial charge in [-0.3, -0.25) is 9.28 Å². The number of carbonyl (C=O) groups is 1. The third kappa shape index (κ3) is 14.8. The molecule has 36 heavy (non-hydrogen) atoms. The molecule has 0 fully saturated rings. The average molecular weight is 499 g/mol. The number of hydrogen-bond donors (Lipinski definition) is 0. The molecule has 5 heteroatoms. The minimum absolute atomic E-state index is 0.201. The van der Waals surface area contributed by atoms with Gasteiger partial charge in [-0.1, -0.05) is 71.9 Å². The molecule has 0 spiro atoms. The van der Waals surface area contributed by atoms with Gasteiger partial charge in [-0.05, 0) is 54.1 Å². The van der Waals surface area contributed by atoms with E-state index in [-0.39, 0.29) is 5.97 Å². The van der Waals surface area contributed by atoms with Gasteiger partial charge < -0.3 is 14.2 Å². The van der Waals surface area contributed by atoms with Crippen molar-refractivity contribution in [3.05, 3.63) is 84.4 Å². The molecule has 0 radical (unpaired) electrons. The summed E-state index contributed by atoms with van der Waals surface area (Å²) in [4.78, 5) is 11.0. The molecule has 3 rings (SSSR count). The lowest BCUT2D eigenvalue weighted by atomic mass is 10.1. The van der Waals surface area contributed by atoms with Gasteiger partial charge in [-0.15, -0.1) is 0 Å². The topological polar surface area (TPSA) is 44.8 Å². The second-order valence-electron chi connectivity index (χ2n) is 7.52. The monoisotopic (exact) mass is 498 g/mol. The number of esters is 1. The van der Waals surface area contributed by atoms with Crippen molar-refractivity contribution in [2.75, 3.05) is 35.4 Å². The molecule has 0 unspecified atom stereocenters. The molecular weight excluding hydrogens is 450 g/mol. The van der Waals surface area contributed by atoms with Gasteiger partial charge in [0.05, 0.1) is 41.8 Å². The summed E-state index contributed by atoms with van der Waals surface area (Å²) in [5, 5.41) is 0. The lowest BCUT2D eigenvalue weighted by molar-refractivity contribution is -0.139. The lowest BCUT2D eigenvalue weighted by Crippen LogP contribution is -2.34. The smallest absolute Gasteiger partial charge is 0.309 e. The fraction of sp³-hybridized carbons (Fsp3) is 0.387. The van der Waals surface area contributed by atoms with E-state index < -0.39 is 0 Å². The minimum Gasteiger partial charge on any atom is -0.497 e. The van der Waals surface area contributed by atoms with E-state index in [0.717, 1.165) is 27.3 Å². The van der Waals surface area contributed by atoms with Crippen LogP contribution in [0, 0.1) is 0 Å². The second kappa shape index (κ2) is 21.0. The summed E-state index contributed by atoms with van der Waals surface area (Å²) >= 11 is 0. The Kier molecular flexibility index (Phi) is 20.3. The molecule has 0 aliphatic carbocycles. The fourth-order valence-corrected chi connectivity index (χ4v) is 2.57. The van der Waals surface area contributed by atoms with E-state index >= 15 is 0 Å². The number of methoxy groups -OCH3 is 2. The first kappa shape index (κ1) is 34.9. The highest BCUT2D eigenvalue weighted by molar-refractivity contribution is 5.72. The van der Waals surface area contributed by atoms with E-state index in [0.29, 0.717) is 6.42 Å². The van der Waals surface area contributed by atoms with Gasteiger partial charge in [-0.25, -0.2) is 0 Å². The predicted molar refractivity (Wildman–Crippen MR) is 155 cm³/mol. The summed E-state index contributed by atoms with van der Waals surface area (Å²) in [6, 6.07) is 25.2. The van der Waals surface area contributed by atoms with Crippen LogP contribution in [0.15, 0.2) is 78.9 Å². The van der Waals surface area contributed by atoms with Crippen LogP contribution in [0.1, 0.15) is 47.1 Å². The highest BCUT2D eigenvalue weighted by atomic mass is 16.5. The molecule has 0 saturated carbocycles. The number of benzene rings is 3. The van der Waals surface area contributed by atoms with Crippen LogP contribution in [0.4, 0.5) is 5.69 Å². The summed E-state index contributed by atoms with van der Waals surface area (Å²) in [6.07, 6.45) is 0.341. The lowest BCUT2D eigenvalue weighted by Gasteiger charge is -2.23. The van der Waals surface area contributed by atoms with E-state index in [1.807, 2.05) is 120 Å². The molecule has 0 aliphatic heterocycles. The van der Waals surface area contributed by atoms with Crippen molar-refractivity contribution < 1.29 is 19.0 Å². The zero-order chi connectivity index (χ0) is 28.0. The summed E-state index contributed by atoms with van der Waals surface area (Å²) in [5.74, 6) is 2.27. The number of hydrogen-bond acceptors (Lipinski definition) is 4. The van der Waals surface area contributed by atoms with Crippen LogP contribution in [0.3, 0.4) is 0 Å². The standard InChI is InChI=1S/C13H12O2.C12H18NO2.3C2H6/c1-14-11-7-9-13(10-8-11)15-12-5-3-2-4-6-12;1-13(2,3)11-7-5-10(6-8-11)9-12(14)15-4;3*1-2/h2-10H,1H3;5-8H,9H2,1-4H3;3*1-2H3/q;+1;;;. The van der Waals surface area contributed by atoms with Crippen molar-refractivity contribution in [1.82, 2.24) is 4.48 Å². The van der Waals surface area contributed by atoms with Crippen LogP contribution in [-0.2, 0) is 16.0 Å². The fourth-order valence-electron chi connectivity index (χ4n) is 2.57. The number of nitrogens with zero attached hydrogens (tertiary/aromatic N) is 1. The Morgan fingerprint density at radius 1 is 0.639 bits per heavy atom. The molecular formula is C31H48NO4+. The maximum Gasteiger partial charge on any atom is 0.309 e. The molecule has 0 bridgehead atoms. The molecule has 0 heterocycles. The molecule has 0 aromatic heterocycles. The first-order valence-corrected chi connectivity index (χ1v) is 12.7. The number of para-hydroxylation sites is 1. The molecule has 0 aliphatic rings. The van der Waals surface area contributed by atoms with Gasteiger partial charge in [0.1, 0.15) is 22.9 Å². The first-order valence-electron chi connectivity index (χ1n) is 12.7. The maximum atomic E-state index is 11.0. The van der Waals surface area contributed by atoms with Gasteiger partial charge >= 0.3 is 5.97 Å². The Morgan fingerprint density at radius 3 is 1.50 bits per heavy atom. The molecule has 3 aromatic carbocycles. The van der Waals surface area contributed by atoms with Gasteiger partial charge in [0.2, 0.25) is 0 Å². The predicted octanol–water partition coefficient (Wildman–Crippen LogP) is 8.16. The molecule has 5 nitrogen and oxygen atoms in total. The van der Waals surface area contributed by atoms with Crippen molar-refractivity contribution >= 4 is 11.7 Å². The van der Waals surface area contributed by atoms with E-state index in [1.165, 1.54) is 12.8 Å². The molecule has 0 saturated heterocycles. The van der Waals surface area contributed by atoms with Crippen molar-refractivity contribution in [2.45, 2.75) is 48.0 Å². The first-order chi connectivity index (χ1) is 17.3. The Hall–Kier alpha value is -3.31. The van der Waals surface area contributed by atoms with Gasteiger partial charge in [-0.2, -0.15) is 0 Å². The number of quaternary nitrogens is 1. The Balaban J connectivity index is 0. The minimum atomic E-state index is -0.201. The highest BCUT2D eigenvalue weighted by Crippen LogP contribution is 2.23. The summed E-state index contributed by atoms with van der Waals surface area (Å²) < 4.78 is 16.1.